The highest BCUT2D eigenvalue weighted by Gasteiger charge is 2.35. The summed E-state index contributed by atoms with van der Waals surface area (Å²) in [4.78, 5) is 2.57. The Morgan fingerprint density at radius 1 is 1.10 bits per heavy atom. The highest BCUT2D eigenvalue weighted by atomic mass is 32.1. The van der Waals surface area contributed by atoms with Gasteiger partial charge in [0.2, 0.25) is 5.13 Å². The van der Waals surface area contributed by atoms with E-state index in [9.17, 15) is 0 Å². The van der Waals surface area contributed by atoms with Crippen LogP contribution in [0.25, 0.3) is 0 Å². The smallest absolute Gasteiger partial charge is 0.205 e. The van der Waals surface area contributed by atoms with Crippen LogP contribution in [-0.2, 0) is 6.54 Å². The summed E-state index contributed by atoms with van der Waals surface area (Å²) in [6.07, 6.45) is 10.1. The van der Waals surface area contributed by atoms with Gasteiger partial charge in [-0.2, -0.15) is 0 Å². The Kier molecular flexibility index (Phi) is 4.56. The number of hydrogen-bond acceptors (Lipinski definition) is 5. The fourth-order valence-electron chi connectivity index (χ4n) is 3.72. The van der Waals surface area contributed by atoms with Gasteiger partial charge in [0.15, 0.2) is 0 Å². The first-order valence-electron chi connectivity index (χ1n) is 8.08. The first-order valence-corrected chi connectivity index (χ1v) is 8.90. The van der Waals surface area contributed by atoms with Crippen LogP contribution >= 0.6 is 11.3 Å². The Morgan fingerprint density at radius 3 is 2.55 bits per heavy atom. The molecule has 112 valence electrons. The van der Waals surface area contributed by atoms with Crippen LogP contribution in [-0.4, -0.2) is 34.7 Å². The van der Waals surface area contributed by atoms with Gasteiger partial charge in [0, 0.05) is 6.54 Å². The van der Waals surface area contributed by atoms with Crippen LogP contribution in [0.3, 0.4) is 0 Å². The average molecular weight is 294 g/mol. The molecule has 4 nitrogen and oxygen atoms in total. The Bertz CT molecular complexity index is 415. The van der Waals surface area contributed by atoms with Crippen LogP contribution in [0.1, 0.15) is 56.9 Å². The molecule has 2 heterocycles. The number of aromatic nitrogens is 2. The van der Waals surface area contributed by atoms with E-state index in [1.807, 2.05) is 0 Å². The van der Waals surface area contributed by atoms with Crippen molar-refractivity contribution in [2.75, 3.05) is 25.0 Å². The van der Waals surface area contributed by atoms with Gasteiger partial charge in [-0.15, -0.1) is 10.2 Å². The maximum Gasteiger partial charge on any atom is 0.205 e. The average Bonchev–Trinajstić information content (AvgIpc) is 2.91. The Balaban J connectivity index is 1.50. The summed E-state index contributed by atoms with van der Waals surface area (Å²) >= 11 is 1.70. The number of nitrogens with one attached hydrogen (secondary N) is 1. The summed E-state index contributed by atoms with van der Waals surface area (Å²) in [6, 6.07) is 0. The quantitative estimate of drug-likeness (QED) is 0.922. The lowest BCUT2D eigenvalue weighted by atomic mass is 9.68. The van der Waals surface area contributed by atoms with Crippen molar-refractivity contribution in [1.29, 1.82) is 0 Å². The molecule has 1 saturated heterocycles. The molecule has 1 aliphatic carbocycles. The third kappa shape index (κ3) is 3.31. The second-order valence-electron chi connectivity index (χ2n) is 6.37. The molecule has 0 unspecified atom stereocenters. The molecule has 1 spiro atoms. The van der Waals surface area contributed by atoms with Crippen LogP contribution in [0, 0.1) is 5.41 Å². The Labute approximate surface area is 126 Å². The monoisotopic (exact) mass is 294 g/mol. The highest BCUT2D eigenvalue weighted by Crippen LogP contribution is 2.44. The van der Waals surface area contributed by atoms with Crippen molar-refractivity contribution in [1.82, 2.24) is 15.1 Å². The minimum Gasteiger partial charge on any atom is -0.360 e. The molecular weight excluding hydrogens is 268 g/mol. The first kappa shape index (κ1) is 14.3. The zero-order valence-electron chi connectivity index (χ0n) is 12.5. The second kappa shape index (κ2) is 6.39. The third-order valence-electron chi connectivity index (χ3n) is 4.98. The number of piperidine rings is 1. The fourth-order valence-corrected chi connectivity index (χ4v) is 4.57. The molecule has 1 aromatic heterocycles. The van der Waals surface area contributed by atoms with Gasteiger partial charge in [-0.25, -0.2) is 0 Å². The largest absolute Gasteiger partial charge is 0.360 e. The predicted molar refractivity (Wildman–Crippen MR) is 84.1 cm³/mol. The van der Waals surface area contributed by atoms with E-state index in [1.54, 1.807) is 11.3 Å². The molecule has 1 aromatic rings. The summed E-state index contributed by atoms with van der Waals surface area (Å²) in [5.41, 5.74) is 0.699. The highest BCUT2D eigenvalue weighted by molar-refractivity contribution is 7.15. The normalized spacial score (nSPS) is 23.1. The van der Waals surface area contributed by atoms with E-state index < -0.39 is 0 Å². The standard InChI is InChI=1S/C15H26N4S/c1-2-16-14-18-17-13(20-14)12-19-10-8-15(9-11-19)6-4-3-5-7-15/h2-12H2,1H3,(H,16,18). The van der Waals surface area contributed by atoms with Crippen molar-refractivity contribution in [3.05, 3.63) is 5.01 Å². The van der Waals surface area contributed by atoms with Crippen LogP contribution in [0.2, 0.25) is 0 Å². The number of anilines is 1. The molecule has 1 aliphatic heterocycles. The van der Waals surface area contributed by atoms with Crippen molar-refractivity contribution in [3.63, 3.8) is 0 Å². The number of rotatable bonds is 4. The van der Waals surface area contributed by atoms with Gasteiger partial charge < -0.3 is 5.32 Å². The van der Waals surface area contributed by atoms with E-state index in [1.165, 1.54) is 58.0 Å². The molecule has 0 atom stereocenters. The van der Waals surface area contributed by atoms with Gasteiger partial charge in [-0.05, 0) is 51.1 Å². The van der Waals surface area contributed by atoms with Crippen LogP contribution < -0.4 is 5.32 Å². The minimum absolute atomic E-state index is 0.699. The zero-order chi connectivity index (χ0) is 13.8. The molecule has 0 radical (unpaired) electrons. The number of likely N-dealkylation sites (tertiary alicyclic amines) is 1. The fraction of sp³-hybridized carbons (Fsp3) is 0.867. The van der Waals surface area contributed by atoms with Crippen molar-refractivity contribution < 1.29 is 0 Å². The van der Waals surface area contributed by atoms with Crippen molar-refractivity contribution >= 4 is 16.5 Å². The molecule has 5 heteroatoms. The maximum atomic E-state index is 4.30. The van der Waals surface area contributed by atoms with Gasteiger partial charge in [0.25, 0.3) is 0 Å². The zero-order valence-corrected chi connectivity index (χ0v) is 13.3. The van der Waals surface area contributed by atoms with Crippen molar-refractivity contribution in [2.45, 2.75) is 58.4 Å². The van der Waals surface area contributed by atoms with E-state index in [0.29, 0.717) is 5.41 Å². The molecule has 2 fully saturated rings. The number of nitrogens with zero attached hydrogens (tertiary/aromatic N) is 3. The molecular formula is C15H26N4S. The summed E-state index contributed by atoms with van der Waals surface area (Å²) in [5.74, 6) is 0. The van der Waals surface area contributed by atoms with E-state index in [-0.39, 0.29) is 0 Å². The molecule has 0 amide bonds. The molecule has 3 rings (SSSR count). The second-order valence-corrected chi connectivity index (χ2v) is 7.43. The summed E-state index contributed by atoms with van der Waals surface area (Å²) < 4.78 is 0. The summed E-state index contributed by atoms with van der Waals surface area (Å²) in [7, 11) is 0. The lowest BCUT2D eigenvalue weighted by Crippen LogP contribution is -2.40. The maximum absolute atomic E-state index is 4.30. The molecule has 0 bridgehead atoms. The lowest BCUT2D eigenvalue weighted by Gasteiger charge is -2.44. The summed E-state index contributed by atoms with van der Waals surface area (Å²) in [6.45, 7) is 6.49. The van der Waals surface area contributed by atoms with Gasteiger partial charge in [-0.1, -0.05) is 30.6 Å². The Morgan fingerprint density at radius 2 is 1.85 bits per heavy atom. The van der Waals surface area contributed by atoms with Crippen LogP contribution in [0.5, 0.6) is 0 Å². The van der Waals surface area contributed by atoms with E-state index in [2.05, 4.69) is 27.3 Å². The SMILES string of the molecule is CCNc1nnc(CN2CCC3(CCCCC3)CC2)s1. The Hall–Kier alpha value is -0.680. The van der Waals surface area contributed by atoms with E-state index in [0.717, 1.165) is 23.2 Å². The first-order chi connectivity index (χ1) is 9.80. The molecule has 1 saturated carbocycles. The van der Waals surface area contributed by atoms with Gasteiger partial charge in [-0.3, -0.25) is 4.90 Å². The molecule has 20 heavy (non-hydrogen) atoms. The predicted octanol–water partition coefficient (Wildman–Crippen LogP) is 3.52. The topological polar surface area (TPSA) is 41.1 Å². The molecule has 0 aromatic carbocycles. The number of hydrogen-bond donors (Lipinski definition) is 1. The van der Waals surface area contributed by atoms with Gasteiger partial charge >= 0.3 is 0 Å². The third-order valence-corrected chi connectivity index (χ3v) is 5.85. The minimum atomic E-state index is 0.699. The van der Waals surface area contributed by atoms with E-state index >= 15 is 0 Å². The molecule has 1 N–H and O–H groups in total. The molecule has 2 aliphatic rings. The summed E-state index contributed by atoms with van der Waals surface area (Å²) in [5, 5.41) is 13.8. The van der Waals surface area contributed by atoms with Gasteiger partial charge in [0.05, 0.1) is 6.54 Å². The van der Waals surface area contributed by atoms with Crippen molar-refractivity contribution in [3.8, 4) is 0 Å². The lowest BCUT2D eigenvalue weighted by molar-refractivity contribution is 0.0640. The van der Waals surface area contributed by atoms with Gasteiger partial charge in [0.1, 0.15) is 5.01 Å². The van der Waals surface area contributed by atoms with Crippen LogP contribution in [0.15, 0.2) is 0 Å². The van der Waals surface area contributed by atoms with Crippen molar-refractivity contribution in [2.24, 2.45) is 5.41 Å². The van der Waals surface area contributed by atoms with Crippen LogP contribution in [0.4, 0.5) is 5.13 Å². The van der Waals surface area contributed by atoms with E-state index in [4.69, 9.17) is 0 Å².